The molecule has 1 aromatic heterocycles. The van der Waals surface area contributed by atoms with Gasteiger partial charge in [-0.2, -0.15) is 5.10 Å². The fourth-order valence-corrected chi connectivity index (χ4v) is 2.70. The summed E-state index contributed by atoms with van der Waals surface area (Å²) in [5, 5.41) is 8.00. The van der Waals surface area contributed by atoms with Gasteiger partial charge in [-0.3, -0.25) is 4.68 Å². The van der Waals surface area contributed by atoms with Gasteiger partial charge in [0.1, 0.15) is 0 Å². The van der Waals surface area contributed by atoms with Crippen LogP contribution in [-0.4, -0.2) is 28.0 Å². The zero-order valence-electron chi connectivity index (χ0n) is 10.9. The first kappa shape index (κ1) is 13.1. The first-order chi connectivity index (χ1) is 7.94. The van der Waals surface area contributed by atoms with Crippen LogP contribution in [0.3, 0.4) is 0 Å². The fourth-order valence-electron chi connectivity index (χ4n) is 2.22. The van der Waals surface area contributed by atoms with Crippen LogP contribution in [0.4, 0.5) is 0 Å². The minimum absolute atomic E-state index is 0.0671. The molecule has 96 valence electrons. The highest BCUT2D eigenvalue weighted by molar-refractivity contribution is 9.10. The molecule has 0 spiro atoms. The predicted octanol–water partition coefficient (Wildman–Crippen LogP) is 2.15. The van der Waals surface area contributed by atoms with E-state index in [1.807, 2.05) is 18.7 Å². The van der Waals surface area contributed by atoms with Crippen molar-refractivity contribution in [1.82, 2.24) is 15.1 Å². The number of aromatic nitrogens is 2. The van der Waals surface area contributed by atoms with E-state index in [0.29, 0.717) is 0 Å². The summed E-state index contributed by atoms with van der Waals surface area (Å²) < 4.78 is 8.65. The van der Waals surface area contributed by atoms with Gasteiger partial charge < -0.3 is 10.1 Å². The molecule has 1 fully saturated rings. The van der Waals surface area contributed by atoms with Crippen molar-refractivity contribution in [3.8, 4) is 0 Å². The van der Waals surface area contributed by atoms with Gasteiger partial charge in [-0.05, 0) is 43.1 Å². The van der Waals surface area contributed by atoms with Crippen LogP contribution in [0.1, 0.15) is 31.7 Å². The van der Waals surface area contributed by atoms with E-state index in [2.05, 4.69) is 40.2 Å². The van der Waals surface area contributed by atoms with Crippen LogP contribution in [0.2, 0.25) is 0 Å². The number of nitrogens with zero attached hydrogens (tertiary/aromatic N) is 2. The van der Waals surface area contributed by atoms with E-state index in [0.717, 1.165) is 29.7 Å². The minimum atomic E-state index is 0.0671. The highest BCUT2D eigenvalue weighted by Gasteiger charge is 2.36. The highest BCUT2D eigenvalue weighted by Crippen LogP contribution is 2.27. The van der Waals surface area contributed by atoms with Crippen LogP contribution in [0.15, 0.2) is 4.47 Å². The molecule has 0 saturated carbocycles. The van der Waals surface area contributed by atoms with E-state index in [1.54, 1.807) is 0 Å². The lowest BCUT2D eigenvalue weighted by atomic mass is 9.94. The molecule has 2 rings (SSSR count). The van der Waals surface area contributed by atoms with Gasteiger partial charge in [0.15, 0.2) is 0 Å². The van der Waals surface area contributed by atoms with Crippen molar-refractivity contribution in [2.45, 2.75) is 45.4 Å². The van der Waals surface area contributed by atoms with Crippen molar-refractivity contribution in [3.63, 3.8) is 0 Å². The summed E-state index contributed by atoms with van der Waals surface area (Å²) in [6.07, 6.45) is 1.32. The average Bonchev–Trinajstić information content (AvgIpc) is 2.70. The first-order valence-corrected chi connectivity index (χ1v) is 6.78. The molecular weight excluding hydrogens is 282 g/mol. The lowest BCUT2D eigenvalue weighted by Crippen LogP contribution is -2.47. The summed E-state index contributed by atoms with van der Waals surface area (Å²) >= 11 is 3.59. The van der Waals surface area contributed by atoms with Crippen molar-refractivity contribution >= 4 is 15.9 Å². The van der Waals surface area contributed by atoms with Crippen molar-refractivity contribution < 1.29 is 4.74 Å². The summed E-state index contributed by atoms with van der Waals surface area (Å²) in [6.45, 7) is 8.01. The highest BCUT2D eigenvalue weighted by atomic mass is 79.9. The van der Waals surface area contributed by atoms with Gasteiger partial charge in [0, 0.05) is 25.7 Å². The zero-order chi connectivity index (χ0) is 12.6. The Hall–Kier alpha value is -0.390. The third kappa shape index (κ3) is 2.41. The van der Waals surface area contributed by atoms with Crippen molar-refractivity contribution in [2.75, 3.05) is 6.61 Å². The SMILES string of the molecule is Cc1nn(C)c(CNC2(C)CCOC2C)c1Br. The average molecular weight is 302 g/mol. The summed E-state index contributed by atoms with van der Waals surface area (Å²) in [4.78, 5) is 0. The molecule has 5 heteroatoms. The number of hydrogen-bond donors (Lipinski definition) is 1. The van der Waals surface area contributed by atoms with Crippen LogP contribution >= 0.6 is 15.9 Å². The van der Waals surface area contributed by atoms with Crippen LogP contribution < -0.4 is 5.32 Å². The van der Waals surface area contributed by atoms with Crippen LogP contribution in [-0.2, 0) is 18.3 Å². The Labute approximate surface area is 111 Å². The van der Waals surface area contributed by atoms with Gasteiger partial charge >= 0.3 is 0 Å². The van der Waals surface area contributed by atoms with E-state index >= 15 is 0 Å². The molecule has 0 aliphatic carbocycles. The summed E-state index contributed by atoms with van der Waals surface area (Å²) in [6, 6.07) is 0. The van der Waals surface area contributed by atoms with Crippen molar-refractivity contribution in [1.29, 1.82) is 0 Å². The Morgan fingerprint density at radius 2 is 2.35 bits per heavy atom. The molecule has 1 aliphatic heterocycles. The largest absolute Gasteiger partial charge is 0.377 e. The maximum absolute atomic E-state index is 5.63. The van der Waals surface area contributed by atoms with Gasteiger partial charge in [0.25, 0.3) is 0 Å². The Morgan fingerprint density at radius 3 is 2.82 bits per heavy atom. The van der Waals surface area contributed by atoms with Crippen LogP contribution in [0.25, 0.3) is 0 Å². The molecule has 1 N–H and O–H groups in total. The number of nitrogens with one attached hydrogen (secondary N) is 1. The Kier molecular flexibility index (Phi) is 3.61. The van der Waals surface area contributed by atoms with Crippen molar-refractivity contribution in [2.24, 2.45) is 7.05 Å². The molecule has 0 radical (unpaired) electrons. The van der Waals surface area contributed by atoms with Gasteiger partial charge in [0.2, 0.25) is 0 Å². The second kappa shape index (κ2) is 4.71. The first-order valence-electron chi connectivity index (χ1n) is 5.98. The van der Waals surface area contributed by atoms with Crippen LogP contribution in [0, 0.1) is 6.92 Å². The quantitative estimate of drug-likeness (QED) is 0.930. The van der Waals surface area contributed by atoms with E-state index in [-0.39, 0.29) is 11.6 Å². The Bertz CT molecular complexity index is 418. The van der Waals surface area contributed by atoms with E-state index in [1.165, 1.54) is 5.69 Å². The van der Waals surface area contributed by atoms with Gasteiger partial charge in [-0.1, -0.05) is 0 Å². The molecule has 0 aromatic carbocycles. The monoisotopic (exact) mass is 301 g/mol. The number of hydrogen-bond acceptors (Lipinski definition) is 3. The third-order valence-electron chi connectivity index (χ3n) is 3.81. The lowest BCUT2D eigenvalue weighted by Gasteiger charge is -2.29. The molecule has 17 heavy (non-hydrogen) atoms. The maximum Gasteiger partial charge on any atom is 0.0739 e. The second-order valence-electron chi connectivity index (χ2n) is 5.00. The number of ether oxygens (including phenoxy) is 1. The molecule has 2 atom stereocenters. The van der Waals surface area contributed by atoms with E-state index in [9.17, 15) is 0 Å². The van der Waals surface area contributed by atoms with Gasteiger partial charge in [-0.15, -0.1) is 0 Å². The molecule has 0 amide bonds. The summed E-state index contributed by atoms with van der Waals surface area (Å²) in [7, 11) is 1.98. The summed E-state index contributed by atoms with van der Waals surface area (Å²) in [5.74, 6) is 0. The molecule has 1 saturated heterocycles. The summed E-state index contributed by atoms with van der Waals surface area (Å²) in [5.41, 5.74) is 2.28. The number of aryl methyl sites for hydroxylation is 2. The van der Waals surface area contributed by atoms with Crippen LogP contribution in [0.5, 0.6) is 0 Å². The standard InChI is InChI=1S/C12H20BrN3O/c1-8-11(13)10(16(4)15-8)7-14-12(3)5-6-17-9(12)2/h9,14H,5-7H2,1-4H3. The topological polar surface area (TPSA) is 39.1 Å². The normalized spacial score (nSPS) is 28.9. The maximum atomic E-state index is 5.63. The zero-order valence-corrected chi connectivity index (χ0v) is 12.5. The molecule has 2 unspecified atom stereocenters. The van der Waals surface area contributed by atoms with Gasteiger partial charge in [0.05, 0.1) is 22.0 Å². The Balaban J connectivity index is 2.07. The lowest BCUT2D eigenvalue weighted by molar-refractivity contribution is 0.0879. The molecule has 4 nitrogen and oxygen atoms in total. The molecular formula is C12H20BrN3O. The predicted molar refractivity (Wildman–Crippen MR) is 70.9 cm³/mol. The van der Waals surface area contributed by atoms with E-state index in [4.69, 9.17) is 4.74 Å². The Morgan fingerprint density at radius 1 is 1.65 bits per heavy atom. The molecule has 1 aromatic rings. The smallest absolute Gasteiger partial charge is 0.0739 e. The van der Waals surface area contributed by atoms with Crippen molar-refractivity contribution in [3.05, 3.63) is 15.9 Å². The second-order valence-corrected chi connectivity index (χ2v) is 5.80. The minimum Gasteiger partial charge on any atom is -0.377 e. The number of rotatable bonds is 3. The number of halogens is 1. The molecule has 0 bridgehead atoms. The van der Waals surface area contributed by atoms with Gasteiger partial charge in [-0.25, -0.2) is 0 Å². The van der Waals surface area contributed by atoms with E-state index < -0.39 is 0 Å². The molecule has 2 heterocycles. The third-order valence-corrected chi connectivity index (χ3v) is 4.84. The fraction of sp³-hybridized carbons (Fsp3) is 0.750. The molecule has 1 aliphatic rings.